The topological polar surface area (TPSA) is 21.3 Å². The summed E-state index contributed by atoms with van der Waals surface area (Å²) < 4.78 is 5.97. The molecule has 3 aliphatic rings. The number of hydrogen-bond donors (Lipinski definition) is 1. The van der Waals surface area contributed by atoms with Gasteiger partial charge in [-0.1, -0.05) is 12.5 Å². The van der Waals surface area contributed by atoms with Gasteiger partial charge in [-0.05, 0) is 37.6 Å². The van der Waals surface area contributed by atoms with Crippen LogP contribution in [0.1, 0.15) is 43.5 Å². The fourth-order valence-electron chi connectivity index (χ4n) is 4.38. The lowest BCUT2D eigenvalue weighted by Crippen LogP contribution is -2.71. The molecule has 0 amide bonds. The Labute approximate surface area is 113 Å². The van der Waals surface area contributed by atoms with Gasteiger partial charge in [-0.15, -0.1) is 11.3 Å². The van der Waals surface area contributed by atoms with E-state index in [0.29, 0.717) is 23.6 Å². The molecular weight excluding hydrogens is 242 g/mol. The van der Waals surface area contributed by atoms with Crippen molar-refractivity contribution in [2.75, 3.05) is 6.61 Å². The number of nitrogens with one attached hydrogen (secondary N) is 1. The summed E-state index contributed by atoms with van der Waals surface area (Å²) in [5.74, 6) is 0.785. The van der Waals surface area contributed by atoms with Crippen molar-refractivity contribution >= 4 is 11.3 Å². The average molecular weight is 263 g/mol. The molecule has 2 nitrogen and oxygen atoms in total. The van der Waals surface area contributed by atoms with Gasteiger partial charge in [0.15, 0.2) is 0 Å². The SMILES string of the molecule is C[C@H](N[C@@H]1[C@H]2CCO[C@H]2C12CCC2)c1cccs1. The summed E-state index contributed by atoms with van der Waals surface area (Å²) in [4.78, 5) is 1.46. The third-order valence-corrected chi connectivity index (χ3v) is 6.49. The van der Waals surface area contributed by atoms with Crippen LogP contribution in [0.5, 0.6) is 0 Å². The Balaban J connectivity index is 1.51. The zero-order valence-electron chi connectivity index (χ0n) is 10.9. The van der Waals surface area contributed by atoms with Crippen LogP contribution in [-0.2, 0) is 4.74 Å². The van der Waals surface area contributed by atoms with E-state index < -0.39 is 0 Å². The van der Waals surface area contributed by atoms with Gasteiger partial charge in [0, 0.05) is 34.9 Å². The molecule has 0 bridgehead atoms. The predicted octanol–water partition coefficient (Wildman–Crippen LogP) is 3.36. The van der Waals surface area contributed by atoms with Crippen molar-refractivity contribution in [1.82, 2.24) is 5.32 Å². The first-order valence-corrected chi connectivity index (χ1v) is 8.10. The molecule has 2 aliphatic carbocycles. The van der Waals surface area contributed by atoms with E-state index >= 15 is 0 Å². The average Bonchev–Trinajstić information content (AvgIpc) is 2.93. The molecule has 4 rings (SSSR count). The highest BCUT2D eigenvalue weighted by atomic mass is 32.1. The van der Waals surface area contributed by atoms with Crippen LogP contribution >= 0.6 is 11.3 Å². The molecule has 1 aromatic rings. The van der Waals surface area contributed by atoms with Gasteiger partial charge in [0.2, 0.25) is 0 Å². The van der Waals surface area contributed by atoms with Crippen molar-refractivity contribution < 1.29 is 4.74 Å². The van der Waals surface area contributed by atoms with E-state index in [2.05, 4.69) is 29.8 Å². The van der Waals surface area contributed by atoms with Gasteiger partial charge in [-0.25, -0.2) is 0 Å². The molecule has 1 aliphatic heterocycles. The van der Waals surface area contributed by atoms with Crippen LogP contribution in [0.25, 0.3) is 0 Å². The molecule has 4 atom stereocenters. The molecule has 18 heavy (non-hydrogen) atoms. The number of ether oxygens (including phenoxy) is 1. The lowest BCUT2D eigenvalue weighted by Gasteiger charge is -2.64. The molecule has 0 unspecified atom stereocenters. The van der Waals surface area contributed by atoms with E-state index in [1.54, 1.807) is 0 Å². The summed E-state index contributed by atoms with van der Waals surface area (Å²) in [6.45, 7) is 3.30. The maximum absolute atomic E-state index is 5.97. The Morgan fingerprint density at radius 2 is 2.39 bits per heavy atom. The van der Waals surface area contributed by atoms with Crippen LogP contribution in [0.15, 0.2) is 17.5 Å². The minimum Gasteiger partial charge on any atom is -0.377 e. The van der Waals surface area contributed by atoms with Crippen LogP contribution < -0.4 is 5.32 Å². The Bertz CT molecular complexity index is 426. The molecule has 2 saturated carbocycles. The van der Waals surface area contributed by atoms with Crippen molar-refractivity contribution in [1.29, 1.82) is 0 Å². The minimum atomic E-state index is 0.494. The molecule has 3 fully saturated rings. The van der Waals surface area contributed by atoms with Gasteiger partial charge in [-0.2, -0.15) is 0 Å². The van der Waals surface area contributed by atoms with Crippen LogP contribution in [-0.4, -0.2) is 18.8 Å². The lowest BCUT2D eigenvalue weighted by molar-refractivity contribution is -0.178. The third kappa shape index (κ3) is 1.41. The normalized spacial score (nSPS) is 37.9. The second kappa shape index (κ2) is 4.06. The first-order chi connectivity index (χ1) is 8.81. The predicted molar refractivity (Wildman–Crippen MR) is 73.8 cm³/mol. The monoisotopic (exact) mass is 263 g/mol. The van der Waals surface area contributed by atoms with E-state index in [9.17, 15) is 0 Å². The molecular formula is C15H21NOS. The summed E-state index contributed by atoms with van der Waals surface area (Å²) in [7, 11) is 0. The number of fused-ring (bicyclic) bond motifs is 2. The maximum Gasteiger partial charge on any atom is 0.0690 e. The van der Waals surface area contributed by atoms with Crippen molar-refractivity contribution in [2.45, 2.75) is 50.8 Å². The van der Waals surface area contributed by atoms with Crippen LogP contribution in [0.2, 0.25) is 0 Å². The Morgan fingerprint density at radius 1 is 1.50 bits per heavy atom. The Hall–Kier alpha value is -0.380. The highest BCUT2D eigenvalue weighted by molar-refractivity contribution is 7.10. The molecule has 1 spiro atoms. The van der Waals surface area contributed by atoms with Gasteiger partial charge in [-0.3, -0.25) is 0 Å². The fourth-order valence-corrected chi connectivity index (χ4v) is 5.13. The molecule has 1 aromatic heterocycles. The quantitative estimate of drug-likeness (QED) is 0.903. The number of thiophene rings is 1. The first kappa shape index (κ1) is 11.4. The second-order valence-electron chi connectivity index (χ2n) is 6.21. The van der Waals surface area contributed by atoms with Crippen LogP contribution in [0.3, 0.4) is 0 Å². The number of rotatable bonds is 3. The van der Waals surface area contributed by atoms with E-state index in [4.69, 9.17) is 4.74 Å². The summed E-state index contributed by atoms with van der Waals surface area (Å²) in [6, 6.07) is 5.60. The van der Waals surface area contributed by atoms with E-state index in [1.165, 1.54) is 30.6 Å². The second-order valence-corrected chi connectivity index (χ2v) is 7.19. The van der Waals surface area contributed by atoms with Crippen LogP contribution in [0.4, 0.5) is 0 Å². The van der Waals surface area contributed by atoms with E-state index in [-0.39, 0.29) is 0 Å². The summed E-state index contributed by atoms with van der Waals surface area (Å²) in [6.07, 6.45) is 6.00. The van der Waals surface area contributed by atoms with Gasteiger partial charge in [0.1, 0.15) is 0 Å². The van der Waals surface area contributed by atoms with Gasteiger partial charge in [0.05, 0.1) is 6.10 Å². The van der Waals surface area contributed by atoms with Crippen molar-refractivity contribution in [3.8, 4) is 0 Å². The summed E-state index contributed by atoms with van der Waals surface area (Å²) in [5.41, 5.74) is 0.507. The molecule has 1 N–H and O–H groups in total. The maximum atomic E-state index is 5.97. The zero-order chi connectivity index (χ0) is 12.2. The van der Waals surface area contributed by atoms with E-state index in [1.807, 2.05) is 11.3 Å². The fraction of sp³-hybridized carbons (Fsp3) is 0.733. The van der Waals surface area contributed by atoms with Crippen molar-refractivity contribution in [2.24, 2.45) is 11.3 Å². The van der Waals surface area contributed by atoms with Gasteiger partial charge < -0.3 is 10.1 Å². The smallest absolute Gasteiger partial charge is 0.0690 e. The summed E-state index contributed by atoms with van der Waals surface area (Å²) in [5, 5.41) is 6.09. The minimum absolute atomic E-state index is 0.494. The van der Waals surface area contributed by atoms with Gasteiger partial charge >= 0.3 is 0 Å². The van der Waals surface area contributed by atoms with Crippen LogP contribution in [0, 0.1) is 11.3 Å². The van der Waals surface area contributed by atoms with Crippen molar-refractivity contribution in [3.05, 3.63) is 22.4 Å². The molecule has 1 saturated heterocycles. The largest absolute Gasteiger partial charge is 0.377 e. The number of hydrogen-bond acceptors (Lipinski definition) is 3. The highest BCUT2D eigenvalue weighted by Gasteiger charge is 2.66. The molecule has 3 heteroatoms. The zero-order valence-corrected chi connectivity index (χ0v) is 11.7. The standard InChI is InChI=1S/C15H21NOS/c1-10(12-4-2-9-18-12)16-13-11-5-8-17-14(11)15(13)6-3-7-15/h2,4,9-11,13-14,16H,3,5-8H2,1H3/t10-,11+,13+,14+/m0/s1. The first-order valence-electron chi connectivity index (χ1n) is 7.22. The highest BCUT2D eigenvalue weighted by Crippen LogP contribution is 2.63. The molecule has 0 aromatic carbocycles. The Morgan fingerprint density at radius 3 is 3.06 bits per heavy atom. The van der Waals surface area contributed by atoms with Crippen molar-refractivity contribution in [3.63, 3.8) is 0 Å². The lowest BCUT2D eigenvalue weighted by atomic mass is 9.46. The molecule has 98 valence electrons. The molecule has 2 heterocycles. The molecule has 0 radical (unpaired) electrons. The summed E-state index contributed by atoms with van der Waals surface area (Å²) >= 11 is 1.86. The third-order valence-electron chi connectivity index (χ3n) is 5.44. The van der Waals surface area contributed by atoms with E-state index in [0.717, 1.165) is 12.5 Å². The van der Waals surface area contributed by atoms with Gasteiger partial charge in [0.25, 0.3) is 0 Å². The Kier molecular flexibility index (Phi) is 2.58.